The van der Waals surface area contributed by atoms with Gasteiger partial charge in [0.2, 0.25) is 0 Å². The molecule has 2 aromatic heterocycles. The van der Waals surface area contributed by atoms with E-state index in [-0.39, 0.29) is 12.1 Å². The van der Waals surface area contributed by atoms with E-state index in [9.17, 15) is 0 Å². The maximum Gasteiger partial charge on any atom is 0.0728 e. The molecule has 0 amide bonds. The third-order valence-corrected chi connectivity index (χ3v) is 18.0. The van der Waals surface area contributed by atoms with E-state index in [1.165, 1.54) is 122 Å². The highest BCUT2D eigenvalue weighted by molar-refractivity contribution is 5.92. The van der Waals surface area contributed by atoms with Crippen LogP contribution in [0.15, 0.2) is 218 Å². The average molecular weight is 1120 g/mol. The second-order valence-corrected chi connectivity index (χ2v) is 24.7. The minimum absolute atomic E-state index is 0.144. The molecule has 0 radical (unpaired) electrons. The Morgan fingerprint density at radius 2 is 0.512 bits per heavy atom. The zero-order valence-electron chi connectivity index (χ0n) is 51.8. The van der Waals surface area contributed by atoms with Crippen molar-refractivity contribution in [3.63, 3.8) is 0 Å². The van der Waals surface area contributed by atoms with E-state index in [2.05, 4.69) is 310 Å². The number of hydrogen-bond donors (Lipinski definition) is 4. The van der Waals surface area contributed by atoms with Crippen LogP contribution >= 0.6 is 0 Å². The van der Waals surface area contributed by atoms with Crippen molar-refractivity contribution < 1.29 is 0 Å². The summed E-state index contributed by atoms with van der Waals surface area (Å²) in [7, 11) is 0. The predicted octanol–water partition coefficient (Wildman–Crippen LogP) is 15.2. The van der Waals surface area contributed by atoms with E-state index in [4.69, 9.17) is 0 Å². The van der Waals surface area contributed by atoms with Gasteiger partial charge in [-0.2, -0.15) is 0 Å². The highest BCUT2D eigenvalue weighted by Gasteiger charge is 2.28. The Balaban J connectivity index is 1.13. The van der Waals surface area contributed by atoms with Gasteiger partial charge in [-0.3, -0.25) is 0 Å². The molecule has 86 heavy (non-hydrogen) atoms. The van der Waals surface area contributed by atoms with Crippen LogP contribution in [0.2, 0.25) is 0 Å². The molecule has 0 fully saturated rings. The zero-order valence-corrected chi connectivity index (χ0v) is 51.8. The summed E-state index contributed by atoms with van der Waals surface area (Å²) in [6.07, 6.45) is 9.36. The van der Waals surface area contributed by atoms with Gasteiger partial charge in [0.15, 0.2) is 0 Å². The molecule has 424 valence electrons. The molecule has 4 nitrogen and oxygen atoms in total. The van der Waals surface area contributed by atoms with Crippen molar-refractivity contribution in [1.82, 2.24) is 20.6 Å². The zero-order chi connectivity index (χ0) is 59.7. The fraction of sp³-hybridized carbons (Fsp3) is 0.171. The lowest BCUT2D eigenvalue weighted by Gasteiger charge is -2.23. The number of benzene rings is 8. The number of aromatic amines is 2. The first-order chi connectivity index (χ1) is 41.6. The number of rotatable bonds is 6. The minimum atomic E-state index is -0.144. The first-order valence-electron chi connectivity index (χ1n) is 30.5. The summed E-state index contributed by atoms with van der Waals surface area (Å²) in [4.78, 5) is 8.19. The third-order valence-electron chi connectivity index (χ3n) is 18.0. The van der Waals surface area contributed by atoms with Crippen molar-refractivity contribution in [2.24, 2.45) is 0 Å². The summed E-state index contributed by atoms with van der Waals surface area (Å²) < 4.78 is 0. The standard InChI is InChI=1S/C82H76N4/c1-47-39-51(5)73(52(6)40-47)79-61-23-25-62(26-24-61)80(74-53(7)41-48(2)42-54(74)8)70-37-33-67(85-70)78(60-21-17-14-18-22-60)68-34-38-72(86-68)82(76-57(11)45-50(4)46-58(76)12)64-29-27-63(28-30-64)81(75-55(9)43-49(3)44-56(75)10)71-36-32-66(84-71)77(59-19-15-13-16-20-59)65-31-35-69(79)83-65/h13-46,65,67,83-86H,1-12H3/b77-66+,78-68?,79-69+,80-70?,81-71-,82-72+. The van der Waals surface area contributed by atoms with Crippen molar-refractivity contribution >= 4 is 33.4 Å². The summed E-state index contributed by atoms with van der Waals surface area (Å²) in [5.41, 5.74) is 36.2. The molecule has 4 N–H and O–H groups in total. The monoisotopic (exact) mass is 1120 g/mol. The average Bonchev–Trinajstić information content (AvgIpc) is 3.47. The molecule has 8 heterocycles. The van der Waals surface area contributed by atoms with Crippen LogP contribution in [0.5, 0.6) is 0 Å². The van der Waals surface area contributed by atoms with Gasteiger partial charge in [-0.25, -0.2) is 0 Å². The number of H-pyrrole nitrogens is 2. The largest absolute Gasteiger partial charge is 0.374 e. The topological polar surface area (TPSA) is 55.6 Å². The SMILES string of the molecule is Cc1cc(C)c(C2=C3C=CC(N3)C(c3ccccc3)=c3cc/c([nH]3)=C(\c3c(C)cc(C)cc3C)c3ccc(cc3)/C(c3c(C)cc(C)cc3C)=c3\cc/c([nH]3)=C(/c3ccccc3)C3C=C/C(=C(\c4c(C)cc(C)cc4C)c4ccc2cc4)N3)c(C)c1. The molecule has 4 heteroatoms. The van der Waals surface area contributed by atoms with Crippen LogP contribution in [0, 0.1) is 83.1 Å². The van der Waals surface area contributed by atoms with Gasteiger partial charge in [0.05, 0.1) is 12.1 Å². The summed E-state index contributed by atoms with van der Waals surface area (Å²) in [6.45, 7) is 26.9. The fourth-order valence-electron chi connectivity index (χ4n) is 14.8. The molecule has 0 aliphatic carbocycles. The highest BCUT2D eigenvalue weighted by Crippen LogP contribution is 2.40. The van der Waals surface area contributed by atoms with Gasteiger partial charge in [0, 0.05) is 66.2 Å². The van der Waals surface area contributed by atoms with Crippen molar-refractivity contribution in [1.29, 1.82) is 0 Å². The molecule has 8 aromatic carbocycles. The molecule has 2 atom stereocenters. The molecule has 0 spiro atoms. The summed E-state index contributed by atoms with van der Waals surface area (Å²) in [6, 6.07) is 68.1. The first-order valence-corrected chi connectivity index (χ1v) is 30.5. The predicted molar refractivity (Wildman–Crippen MR) is 361 cm³/mol. The van der Waals surface area contributed by atoms with Gasteiger partial charge in [-0.1, -0.05) is 192 Å². The lowest BCUT2D eigenvalue weighted by molar-refractivity contribution is 0.855. The molecule has 0 saturated carbocycles. The van der Waals surface area contributed by atoms with Crippen LogP contribution < -0.4 is 32.0 Å². The molecule has 6 aliphatic rings. The summed E-state index contributed by atoms with van der Waals surface area (Å²) >= 11 is 0. The lowest BCUT2D eigenvalue weighted by atomic mass is 9.85. The van der Waals surface area contributed by atoms with Gasteiger partial charge in [0.1, 0.15) is 0 Å². The third kappa shape index (κ3) is 10.2. The van der Waals surface area contributed by atoms with Gasteiger partial charge in [-0.15, -0.1) is 0 Å². The van der Waals surface area contributed by atoms with Crippen LogP contribution in [-0.4, -0.2) is 22.1 Å². The van der Waals surface area contributed by atoms with Gasteiger partial charge >= 0.3 is 0 Å². The smallest absolute Gasteiger partial charge is 0.0728 e. The van der Waals surface area contributed by atoms with E-state index in [0.29, 0.717) is 0 Å². The van der Waals surface area contributed by atoms with Gasteiger partial charge < -0.3 is 20.6 Å². The van der Waals surface area contributed by atoms with E-state index in [0.717, 1.165) is 66.2 Å². The molecule has 6 aliphatic heterocycles. The van der Waals surface area contributed by atoms with Crippen LogP contribution in [0.1, 0.15) is 122 Å². The Morgan fingerprint density at radius 1 is 0.256 bits per heavy atom. The van der Waals surface area contributed by atoms with E-state index in [1.54, 1.807) is 0 Å². The minimum Gasteiger partial charge on any atom is -0.374 e. The Bertz CT molecular complexity index is 4380. The molecule has 0 saturated heterocycles. The van der Waals surface area contributed by atoms with Gasteiger partial charge in [0.25, 0.3) is 0 Å². The second kappa shape index (κ2) is 22.4. The molecule has 12 bridgehead atoms. The van der Waals surface area contributed by atoms with Crippen molar-refractivity contribution in [3.8, 4) is 0 Å². The van der Waals surface area contributed by atoms with Crippen LogP contribution in [-0.2, 0) is 0 Å². The van der Waals surface area contributed by atoms with Gasteiger partial charge in [-0.05, 0) is 220 Å². The molecule has 16 rings (SSSR count). The maximum absolute atomic E-state index is 4.16. The molecular weight excluding hydrogens is 1040 g/mol. The normalized spacial score (nSPS) is 18.5. The number of allylic oxidation sites excluding steroid dienone is 2. The molecular formula is C82H76N4. The fourth-order valence-corrected chi connectivity index (χ4v) is 14.8. The number of nitrogens with one attached hydrogen (secondary N) is 4. The number of hydrogen-bond acceptors (Lipinski definition) is 2. The Kier molecular flexibility index (Phi) is 14.5. The summed E-state index contributed by atoms with van der Waals surface area (Å²) in [5.74, 6) is 0. The van der Waals surface area contributed by atoms with E-state index in [1.807, 2.05) is 0 Å². The van der Waals surface area contributed by atoms with Crippen LogP contribution in [0.25, 0.3) is 33.4 Å². The van der Waals surface area contributed by atoms with Crippen LogP contribution in [0.4, 0.5) is 0 Å². The van der Waals surface area contributed by atoms with Crippen molar-refractivity contribution in [2.45, 2.75) is 95.2 Å². The van der Waals surface area contributed by atoms with E-state index < -0.39 is 0 Å². The highest BCUT2D eigenvalue weighted by atomic mass is 15.0. The lowest BCUT2D eigenvalue weighted by Crippen LogP contribution is -2.30. The maximum atomic E-state index is 4.16. The summed E-state index contributed by atoms with van der Waals surface area (Å²) in [5, 5.41) is 12.6. The molecule has 2 unspecified atom stereocenters. The van der Waals surface area contributed by atoms with Crippen LogP contribution in [0.3, 0.4) is 0 Å². The number of aromatic nitrogens is 2. The Labute approximate surface area is 507 Å². The Morgan fingerprint density at radius 3 is 0.802 bits per heavy atom. The quantitative estimate of drug-likeness (QED) is 0.134. The van der Waals surface area contributed by atoms with Crippen molar-refractivity contribution in [2.75, 3.05) is 0 Å². The first kappa shape index (κ1) is 55.5. The number of aryl methyl sites for hydroxylation is 12. The van der Waals surface area contributed by atoms with E-state index >= 15 is 0 Å². The second-order valence-electron chi connectivity index (χ2n) is 24.7. The Hall–Kier alpha value is -9.64. The van der Waals surface area contributed by atoms with Crippen molar-refractivity contribution in [3.05, 3.63) is 361 Å². The molecule has 10 aromatic rings.